The van der Waals surface area contributed by atoms with Crippen molar-refractivity contribution in [2.24, 2.45) is 0 Å². The molecule has 212 valence electrons. The molecule has 3 N–H and O–H groups in total. The molecule has 0 atom stereocenters. The highest BCUT2D eigenvalue weighted by Crippen LogP contribution is 2.22. The number of hydrogen-bond donors (Lipinski definition) is 3. The Balaban J connectivity index is 0.000000175. The van der Waals surface area contributed by atoms with Crippen molar-refractivity contribution in [1.29, 1.82) is 0 Å². The topological polar surface area (TPSA) is 102 Å². The Morgan fingerprint density at radius 3 is 1.74 bits per heavy atom. The summed E-state index contributed by atoms with van der Waals surface area (Å²) in [5.74, 6) is 2.11. The van der Waals surface area contributed by atoms with E-state index in [0.717, 1.165) is 81.0 Å². The monoisotopic (exact) mass is 758 g/mol. The van der Waals surface area contributed by atoms with Crippen LogP contribution < -0.4 is 20.9 Å². The summed E-state index contributed by atoms with van der Waals surface area (Å²) in [6.07, 6.45) is 0. The summed E-state index contributed by atoms with van der Waals surface area (Å²) in [7, 11) is 0. The van der Waals surface area contributed by atoms with Crippen LogP contribution in [-0.4, -0.2) is 101 Å². The fourth-order valence-corrected chi connectivity index (χ4v) is 4.75. The average molecular weight is 758 g/mol. The fraction of sp³-hybridized carbons (Fsp3) is 0.600. The van der Waals surface area contributed by atoms with E-state index in [1.165, 1.54) is 9.64 Å². The normalized spacial score (nSPS) is 19.3. The van der Waals surface area contributed by atoms with Crippen LogP contribution in [-0.2, 0) is 18.9 Å². The molecule has 0 aliphatic carbocycles. The van der Waals surface area contributed by atoms with Gasteiger partial charge >= 0.3 is 0 Å². The summed E-state index contributed by atoms with van der Waals surface area (Å²) in [5, 5.41) is 9.64. The molecule has 4 fully saturated rings. The lowest BCUT2D eigenvalue weighted by atomic mass is 10.2. The molecule has 0 radical (unpaired) electrons. The number of aromatic nitrogens is 2. The van der Waals surface area contributed by atoms with Crippen molar-refractivity contribution in [2.75, 3.05) is 94.6 Å². The predicted octanol–water partition coefficient (Wildman–Crippen LogP) is 3.21. The third-order valence-electron chi connectivity index (χ3n) is 5.70. The Morgan fingerprint density at radius 2 is 1.29 bits per heavy atom. The maximum Gasteiger partial charge on any atom is 0.215 e. The molecule has 2 aromatic heterocycles. The molecule has 6 rings (SSSR count). The Bertz CT molecular complexity index is 945. The second kappa shape index (κ2) is 16.9. The van der Waals surface area contributed by atoms with Crippen LogP contribution in [0.4, 0.5) is 21.8 Å². The van der Waals surface area contributed by atoms with Gasteiger partial charge in [-0.15, -0.1) is 0 Å². The second-order valence-electron chi connectivity index (χ2n) is 8.74. The van der Waals surface area contributed by atoms with Crippen LogP contribution >= 0.6 is 45.2 Å². The first-order chi connectivity index (χ1) is 18.0. The molecule has 6 heterocycles. The molecule has 4 saturated heterocycles. The second-order valence-corrected chi connectivity index (χ2v) is 11.2. The molecule has 0 unspecified atom stereocenters. The molecule has 4 aliphatic rings. The highest BCUT2D eigenvalue weighted by molar-refractivity contribution is 14.1. The van der Waals surface area contributed by atoms with Gasteiger partial charge in [-0.25, -0.2) is 9.97 Å². The summed E-state index contributed by atoms with van der Waals surface area (Å²) in [4.78, 5) is 10.7. The Hall–Kier alpha value is -1.11. The quantitative estimate of drug-likeness (QED) is 0.312. The summed E-state index contributed by atoms with van der Waals surface area (Å²) in [6, 6.07) is 8.08. The van der Waals surface area contributed by atoms with Gasteiger partial charge in [0.05, 0.1) is 64.9 Å². The summed E-state index contributed by atoms with van der Waals surface area (Å²) < 4.78 is 35.4. The van der Waals surface area contributed by atoms with Gasteiger partial charge in [0.25, 0.3) is 0 Å². The van der Waals surface area contributed by atoms with Crippen molar-refractivity contribution in [1.82, 2.24) is 15.3 Å². The molecule has 10 nitrogen and oxygen atoms in total. The van der Waals surface area contributed by atoms with E-state index in [0.29, 0.717) is 25.1 Å². The number of morpholine rings is 2. The first kappa shape index (κ1) is 31.4. The zero-order valence-corrected chi connectivity index (χ0v) is 24.9. The number of hydrogen-bond acceptors (Lipinski definition) is 10. The van der Waals surface area contributed by atoms with Crippen LogP contribution in [0.1, 0.15) is 7.43 Å². The molecule has 0 bridgehead atoms. The predicted molar refractivity (Wildman–Crippen MR) is 164 cm³/mol. The van der Waals surface area contributed by atoms with Crippen LogP contribution in [0.15, 0.2) is 24.3 Å². The van der Waals surface area contributed by atoms with Crippen molar-refractivity contribution < 1.29 is 23.3 Å². The lowest BCUT2D eigenvalue weighted by molar-refractivity contribution is 0.0209. The maximum atomic E-state index is 12.8. The van der Waals surface area contributed by atoms with E-state index in [2.05, 4.69) is 88.1 Å². The Kier molecular flexibility index (Phi) is 13.9. The van der Waals surface area contributed by atoms with Gasteiger partial charge in [0.15, 0.2) is 0 Å². The molecule has 38 heavy (non-hydrogen) atoms. The molecule has 0 saturated carbocycles. The largest absolute Gasteiger partial charge is 0.379 e. The van der Waals surface area contributed by atoms with Gasteiger partial charge in [-0.05, 0) is 63.4 Å². The standard InChI is InChI=1S/C12H16IN3O2.C8H8FIN2O.C4H9NO.CH4/c13-9-5-11(14-10-7-18-8-10)15-12(6-9)16-1-3-17-4-2-16;9-7-1-5(10)2-8(12-7)11-6-3-13-4-6;1-3-6-4-2-5-1;/h5-6,10H,1-4,7-8H2,(H,14,15);1-2,6H,3-4H2,(H,11,12);5H,1-4H2;1H4. The lowest BCUT2D eigenvalue weighted by Crippen LogP contribution is -2.41. The lowest BCUT2D eigenvalue weighted by Gasteiger charge is -2.30. The molecule has 0 aromatic carbocycles. The van der Waals surface area contributed by atoms with Gasteiger partial charge in [-0.1, -0.05) is 7.43 Å². The number of rotatable bonds is 5. The Morgan fingerprint density at radius 1 is 0.763 bits per heavy atom. The number of nitrogens with zero attached hydrogens (tertiary/aromatic N) is 3. The number of pyridine rings is 2. The first-order valence-corrected chi connectivity index (χ1v) is 14.5. The zero-order chi connectivity index (χ0) is 25.9. The van der Waals surface area contributed by atoms with Crippen LogP contribution in [0.2, 0.25) is 0 Å². The molecular weight excluding hydrogens is 721 g/mol. The van der Waals surface area contributed by atoms with E-state index in [4.69, 9.17) is 18.9 Å². The minimum Gasteiger partial charge on any atom is -0.379 e. The minimum atomic E-state index is -0.449. The number of halogens is 3. The summed E-state index contributed by atoms with van der Waals surface area (Å²) in [6.45, 7) is 10.1. The van der Waals surface area contributed by atoms with E-state index in [-0.39, 0.29) is 13.5 Å². The van der Waals surface area contributed by atoms with Gasteiger partial charge in [0, 0.05) is 39.4 Å². The molecule has 13 heteroatoms. The van der Waals surface area contributed by atoms with E-state index >= 15 is 0 Å². The zero-order valence-electron chi connectivity index (χ0n) is 20.6. The third-order valence-corrected chi connectivity index (χ3v) is 6.94. The third kappa shape index (κ3) is 10.8. The SMILES string of the molecule is C.C1COCCN1.Fc1cc(I)cc(NC2COC2)n1.Ic1cc(NC2COC2)nc(N2CCOCC2)c1. The number of ether oxygens (including phenoxy) is 4. The molecule has 4 aliphatic heterocycles. The first-order valence-electron chi connectivity index (χ1n) is 12.4. The Labute approximate surface area is 251 Å². The fourth-order valence-electron chi connectivity index (χ4n) is 3.62. The average Bonchev–Trinajstić information content (AvgIpc) is 2.85. The molecule has 0 amide bonds. The van der Waals surface area contributed by atoms with Crippen LogP contribution in [0.5, 0.6) is 0 Å². The number of anilines is 3. The molecule has 2 aromatic rings. The van der Waals surface area contributed by atoms with Gasteiger partial charge in [-0.3, -0.25) is 0 Å². The van der Waals surface area contributed by atoms with Crippen molar-refractivity contribution in [3.05, 3.63) is 37.4 Å². The van der Waals surface area contributed by atoms with Gasteiger partial charge in [0.1, 0.15) is 17.5 Å². The molecule has 0 spiro atoms. The van der Waals surface area contributed by atoms with Crippen LogP contribution in [0.3, 0.4) is 0 Å². The van der Waals surface area contributed by atoms with E-state index in [1.54, 1.807) is 0 Å². The highest BCUT2D eigenvalue weighted by Gasteiger charge is 2.20. The van der Waals surface area contributed by atoms with Crippen molar-refractivity contribution in [3.8, 4) is 0 Å². The van der Waals surface area contributed by atoms with Gasteiger partial charge < -0.3 is 39.8 Å². The van der Waals surface area contributed by atoms with Crippen LogP contribution in [0, 0.1) is 13.1 Å². The van der Waals surface area contributed by atoms with Gasteiger partial charge in [-0.2, -0.15) is 4.39 Å². The minimum absolute atomic E-state index is 0. The van der Waals surface area contributed by atoms with Crippen molar-refractivity contribution in [3.63, 3.8) is 0 Å². The van der Waals surface area contributed by atoms with E-state index < -0.39 is 5.95 Å². The van der Waals surface area contributed by atoms with Gasteiger partial charge in [0.2, 0.25) is 5.95 Å². The van der Waals surface area contributed by atoms with Crippen LogP contribution in [0.25, 0.3) is 0 Å². The summed E-state index contributed by atoms with van der Waals surface area (Å²) in [5.41, 5.74) is 0. The van der Waals surface area contributed by atoms with E-state index in [1.807, 2.05) is 6.07 Å². The summed E-state index contributed by atoms with van der Waals surface area (Å²) >= 11 is 4.39. The number of nitrogens with one attached hydrogen (secondary N) is 3. The van der Waals surface area contributed by atoms with Crippen molar-refractivity contribution >= 4 is 62.6 Å². The highest BCUT2D eigenvalue weighted by atomic mass is 127. The molecular formula is C25H37FI2N6O4. The van der Waals surface area contributed by atoms with E-state index in [9.17, 15) is 4.39 Å². The van der Waals surface area contributed by atoms with Crippen molar-refractivity contribution in [2.45, 2.75) is 19.5 Å². The maximum absolute atomic E-state index is 12.8. The smallest absolute Gasteiger partial charge is 0.215 e.